The number of carbonyl (C=O) groups is 4. The highest BCUT2D eigenvalue weighted by atomic mass is 32.1. The lowest BCUT2D eigenvalue weighted by atomic mass is 10.2. The Morgan fingerprint density at radius 2 is 1.97 bits per heavy atom. The summed E-state index contributed by atoms with van der Waals surface area (Å²) in [6.45, 7) is -3.08. The number of nitrogens with zero attached hydrogens (tertiary/aromatic N) is 2. The Morgan fingerprint density at radius 1 is 1.23 bits per heavy atom. The number of halogens is 2. The standard InChI is InChI=1S/C19H17F2N3O6S/c20-18(21)30-13-5-3-11(4-6-13)17(28)23-14(25)9-29-16(27)8-12-10-31-19(22-12)24-7-1-2-15(24)26/h3-6,10,18H,1-2,7-9H2,(H,23,25,28). The van der Waals surface area contributed by atoms with E-state index in [4.69, 9.17) is 4.74 Å². The van der Waals surface area contributed by atoms with E-state index in [1.165, 1.54) is 23.5 Å². The van der Waals surface area contributed by atoms with Gasteiger partial charge in [0.15, 0.2) is 11.7 Å². The Morgan fingerprint density at radius 3 is 2.61 bits per heavy atom. The Hall–Kier alpha value is -3.41. The quantitative estimate of drug-likeness (QED) is 0.607. The fourth-order valence-corrected chi connectivity index (χ4v) is 3.59. The van der Waals surface area contributed by atoms with E-state index in [9.17, 15) is 28.0 Å². The van der Waals surface area contributed by atoms with Gasteiger partial charge in [0.2, 0.25) is 5.91 Å². The van der Waals surface area contributed by atoms with Crippen LogP contribution in [0.1, 0.15) is 28.9 Å². The van der Waals surface area contributed by atoms with Crippen molar-refractivity contribution in [2.24, 2.45) is 0 Å². The zero-order chi connectivity index (χ0) is 22.4. The number of carbonyl (C=O) groups excluding carboxylic acids is 4. The third-order valence-electron chi connectivity index (χ3n) is 4.13. The van der Waals surface area contributed by atoms with Crippen molar-refractivity contribution in [1.82, 2.24) is 10.3 Å². The molecule has 0 aliphatic carbocycles. The van der Waals surface area contributed by atoms with E-state index in [1.54, 1.807) is 10.3 Å². The van der Waals surface area contributed by atoms with E-state index >= 15 is 0 Å². The molecule has 1 aliphatic rings. The minimum absolute atomic E-state index is 0.0130. The molecule has 1 N–H and O–H groups in total. The Balaban J connectivity index is 1.43. The minimum atomic E-state index is -2.99. The number of ether oxygens (including phenoxy) is 2. The molecule has 1 aromatic carbocycles. The third kappa shape index (κ3) is 6.28. The SMILES string of the molecule is O=C(COC(=O)Cc1csc(N2CCCC2=O)n1)NC(=O)c1ccc(OC(F)F)cc1. The van der Waals surface area contributed by atoms with Gasteiger partial charge in [0, 0.05) is 23.9 Å². The van der Waals surface area contributed by atoms with Crippen molar-refractivity contribution in [1.29, 1.82) is 0 Å². The van der Waals surface area contributed by atoms with Crippen molar-refractivity contribution in [3.8, 4) is 5.75 Å². The number of imide groups is 1. The number of hydrogen-bond acceptors (Lipinski definition) is 8. The van der Waals surface area contributed by atoms with Crippen LogP contribution in [0, 0.1) is 0 Å². The van der Waals surface area contributed by atoms with Crippen LogP contribution < -0.4 is 15.0 Å². The summed E-state index contributed by atoms with van der Waals surface area (Å²) in [5, 5.41) is 4.16. The molecule has 1 fully saturated rings. The molecule has 0 unspecified atom stereocenters. The second-order valence-corrected chi connectivity index (χ2v) is 7.22. The average molecular weight is 453 g/mol. The molecule has 12 heteroatoms. The molecule has 3 rings (SSSR count). The summed E-state index contributed by atoms with van der Waals surface area (Å²) in [7, 11) is 0. The normalized spacial score (nSPS) is 13.4. The van der Waals surface area contributed by atoms with Crippen LogP contribution in [0.15, 0.2) is 29.6 Å². The maximum Gasteiger partial charge on any atom is 0.387 e. The van der Waals surface area contributed by atoms with E-state index in [0.717, 1.165) is 18.6 Å². The van der Waals surface area contributed by atoms with Gasteiger partial charge in [-0.2, -0.15) is 8.78 Å². The molecule has 9 nitrogen and oxygen atoms in total. The van der Waals surface area contributed by atoms with E-state index in [1.807, 2.05) is 5.32 Å². The summed E-state index contributed by atoms with van der Waals surface area (Å²) in [6.07, 6.45) is 1.04. The highest BCUT2D eigenvalue weighted by Gasteiger charge is 2.24. The van der Waals surface area contributed by atoms with Crippen LogP contribution in [-0.2, 0) is 25.5 Å². The van der Waals surface area contributed by atoms with Gasteiger partial charge in [-0.15, -0.1) is 11.3 Å². The van der Waals surface area contributed by atoms with Crippen molar-refractivity contribution in [2.75, 3.05) is 18.1 Å². The average Bonchev–Trinajstić information content (AvgIpc) is 3.35. The molecule has 2 heterocycles. The van der Waals surface area contributed by atoms with Crippen molar-refractivity contribution < 1.29 is 37.4 Å². The summed E-state index contributed by atoms with van der Waals surface area (Å²) < 4.78 is 33.2. The van der Waals surface area contributed by atoms with Crippen molar-refractivity contribution in [3.63, 3.8) is 0 Å². The van der Waals surface area contributed by atoms with Gasteiger partial charge in [-0.25, -0.2) is 4.98 Å². The molecule has 164 valence electrons. The summed E-state index contributed by atoms with van der Waals surface area (Å²) in [5.74, 6) is -2.51. The largest absolute Gasteiger partial charge is 0.455 e. The maximum absolute atomic E-state index is 12.1. The molecule has 1 saturated heterocycles. The smallest absolute Gasteiger partial charge is 0.387 e. The van der Waals surface area contributed by atoms with Gasteiger partial charge in [-0.1, -0.05) is 0 Å². The van der Waals surface area contributed by atoms with Gasteiger partial charge < -0.3 is 9.47 Å². The van der Waals surface area contributed by atoms with E-state index < -0.39 is 31.0 Å². The molecule has 2 aromatic rings. The Kier molecular flexibility index (Phi) is 7.23. The summed E-state index contributed by atoms with van der Waals surface area (Å²) in [5.41, 5.74) is 0.444. The number of esters is 1. The van der Waals surface area contributed by atoms with Gasteiger partial charge >= 0.3 is 12.6 Å². The molecule has 1 aliphatic heterocycles. The van der Waals surface area contributed by atoms with Crippen LogP contribution in [0.5, 0.6) is 5.75 Å². The molecule has 0 bridgehead atoms. The Labute approximate surface area is 179 Å². The molecular weight excluding hydrogens is 436 g/mol. The lowest BCUT2D eigenvalue weighted by Crippen LogP contribution is -2.34. The van der Waals surface area contributed by atoms with Gasteiger partial charge in [0.25, 0.3) is 11.8 Å². The number of rotatable bonds is 8. The fraction of sp³-hybridized carbons (Fsp3) is 0.316. The summed E-state index contributed by atoms with van der Waals surface area (Å²) in [6, 6.07) is 4.72. The maximum atomic E-state index is 12.1. The lowest BCUT2D eigenvalue weighted by Gasteiger charge is -2.10. The Bertz CT molecular complexity index is 979. The first-order valence-corrected chi connectivity index (χ1v) is 9.99. The highest BCUT2D eigenvalue weighted by Crippen LogP contribution is 2.25. The zero-order valence-electron chi connectivity index (χ0n) is 16.0. The van der Waals surface area contributed by atoms with Crippen LogP contribution in [0.3, 0.4) is 0 Å². The van der Waals surface area contributed by atoms with Crippen molar-refractivity contribution in [2.45, 2.75) is 25.9 Å². The number of amides is 3. The van der Waals surface area contributed by atoms with Gasteiger partial charge in [-0.3, -0.25) is 29.4 Å². The molecule has 0 atom stereocenters. The predicted octanol–water partition coefficient (Wildman–Crippen LogP) is 1.91. The van der Waals surface area contributed by atoms with Gasteiger partial charge in [-0.05, 0) is 30.7 Å². The van der Waals surface area contributed by atoms with Crippen LogP contribution in [0.2, 0.25) is 0 Å². The minimum Gasteiger partial charge on any atom is -0.455 e. The first-order valence-electron chi connectivity index (χ1n) is 9.11. The number of benzene rings is 1. The fourth-order valence-electron chi connectivity index (χ4n) is 2.72. The molecule has 0 spiro atoms. The number of aromatic nitrogens is 1. The number of nitrogens with one attached hydrogen (secondary N) is 1. The second-order valence-electron chi connectivity index (χ2n) is 6.39. The molecule has 1 aromatic heterocycles. The summed E-state index contributed by atoms with van der Waals surface area (Å²) >= 11 is 1.24. The summed E-state index contributed by atoms with van der Waals surface area (Å²) in [4.78, 5) is 53.2. The van der Waals surface area contributed by atoms with E-state index in [0.29, 0.717) is 23.8 Å². The number of thiazole rings is 1. The van der Waals surface area contributed by atoms with Crippen LogP contribution >= 0.6 is 11.3 Å². The lowest BCUT2D eigenvalue weighted by molar-refractivity contribution is -0.147. The molecule has 0 radical (unpaired) electrons. The second kappa shape index (κ2) is 10.1. The molecule has 31 heavy (non-hydrogen) atoms. The van der Waals surface area contributed by atoms with Crippen LogP contribution in [-0.4, -0.2) is 48.4 Å². The molecule has 3 amide bonds. The van der Waals surface area contributed by atoms with Crippen molar-refractivity contribution >= 4 is 40.2 Å². The molecular formula is C19H17F2N3O6S. The van der Waals surface area contributed by atoms with Gasteiger partial charge in [0.1, 0.15) is 5.75 Å². The highest BCUT2D eigenvalue weighted by molar-refractivity contribution is 7.14. The number of hydrogen-bond donors (Lipinski definition) is 1. The number of alkyl halides is 2. The van der Waals surface area contributed by atoms with E-state index in [2.05, 4.69) is 9.72 Å². The number of anilines is 1. The van der Waals surface area contributed by atoms with Crippen LogP contribution in [0.25, 0.3) is 0 Å². The zero-order valence-corrected chi connectivity index (χ0v) is 16.8. The van der Waals surface area contributed by atoms with Gasteiger partial charge in [0.05, 0.1) is 12.1 Å². The van der Waals surface area contributed by atoms with E-state index in [-0.39, 0.29) is 23.6 Å². The third-order valence-corrected chi connectivity index (χ3v) is 5.04. The van der Waals surface area contributed by atoms with Crippen LogP contribution in [0.4, 0.5) is 13.9 Å². The van der Waals surface area contributed by atoms with Crippen molar-refractivity contribution in [3.05, 3.63) is 40.9 Å². The topological polar surface area (TPSA) is 115 Å². The first-order chi connectivity index (χ1) is 14.8. The first kappa shape index (κ1) is 22.3. The molecule has 0 saturated carbocycles. The monoisotopic (exact) mass is 453 g/mol. The predicted molar refractivity (Wildman–Crippen MR) is 104 cm³/mol.